The highest BCUT2D eigenvalue weighted by molar-refractivity contribution is 6.31. The summed E-state index contributed by atoms with van der Waals surface area (Å²) in [6.45, 7) is 2.21. The van der Waals surface area contributed by atoms with Crippen molar-refractivity contribution in [3.63, 3.8) is 0 Å². The van der Waals surface area contributed by atoms with E-state index in [9.17, 15) is 4.79 Å². The fraction of sp³-hybridized carbons (Fsp3) is 0.188. The van der Waals surface area contributed by atoms with E-state index in [0.717, 1.165) is 17.0 Å². The fourth-order valence-corrected chi connectivity index (χ4v) is 2.51. The van der Waals surface area contributed by atoms with Crippen LogP contribution in [0, 0.1) is 0 Å². The summed E-state index contributed by atoms with van der Waals surface area (Å²) in [5.41, 5.74) is 1.71. The number of ether oxygens (including phenoxy) is 1. The van der Waals surface area contributed by atoms with Crippen LogP contribution in [-0.2, 0) is 11.3 Å². The summed E-state index contributed by atoms with van der Waals surface area (Å²) in [4.78, 5) is 14.1. The van der Waals surface area contributed by atoms with Crippen molar-refractivity contribution in [3.05, 3.63) is 59.1 Å². The van der Waals surface area contributed by atoms with E-state index in [0.29, 0.717) is 11.6 Å². The largest absolute Gasteiger partial charge is 0.479 e. The topological polar surface area (TPSA) is 29.5 Å². The average Bonchev–Trinajstić information content (AvgIpc) is 2.46. The number of carbonyl (C=O) groups is 1. The van der Waals surface area contributed by atoms with E-state index in [4.69, 9.17) is 16.3 Å². The van der Waals surface area contributed by atoms with E-state index < -0.39 is 6.10 Å². The minimum absolute atomic E-state index is 0.0522. The van der Waals surface area contributed by atoms with Crippen LogP contribution < -0.4 is 9.64 Å². The summed E-state index contributed by atoms with van der Waals surface area (Å²) in [6, 6.07) is 15.1. The molecule has 0 spiro atoms. The van der Waals surface area contributed by atoms with E-state index in [1.165, 1.54) is 0 Å². The highest BCUT2D eigenvalue weighted by Crippen LogP contribution is 2.35. The Kier molecular flexibility index (Phi) is 3.36. The Labute approximate surface area is 122 Å². The number of carbonyl (C=O) groups excluding carboxylic acids is 1. The summed E-state index contributed by atoms with van der Waals surface area (Å²) < 4.78 is 5.62. The zero-order valence-electron chi connectivity index (χ0n) is 11.0. The van der Waals surface area contributed by atoms with Gasteiger partial charge in [0.1, 0.15) is 5.75 Å². The molecule has 1 heterocycles. The van der Waals surface area contributed by atoms with E-state index in [-0.39, 0.29) is 5.91 Å². The number of amides is 1. The second-order valence-electron chi connectivity index (χ2n) is 4.74. The molecule has 0 saturated carbocycles. The van der Waals surface area contributed by atoms with Crippen molar-refractivity contribution in [1.29, 1.82) is 0 Å². The summed E-state index contributed by atoms with van der Waals surface area (Å²) in [5.74, 6) is 0.676. The third-order valence-electron chi connectivity index (χ3n) is 3.36. The van der Waals surface area contributed by atoms with Crippen molar-refractivity contribution >= 4 is 23.2 Å². The first kappa shape index (κ1) is 13.0. The molecule has 1 aliphatic heterocycles. The summed E-state index contributed by atoms with van der Waals surface area (Å²) >= 11 is 6.19. The highest BCUT2D eigenvalue weighted by atomic mass is 35.5. The number of fused-ring (bicyclic) bond motifs is 1. The Hall–Kier alpha value is -2.00. The van der Waals surface area contributed by atoms with Crippen LogP contribution in [0.1, 0.15) is 12.5 Å². The van der Waals surface area contributed by atoms with Crippen LogP contribution in [0.15, 0.2) is 48.5 Å². The van der Waals surface area contributed by atoms with Crippen LogP contribution in [0.4, 0.5) is 5.69 Å². The molecule has 0 fully saturated rings. The first-order chi connectivity index (χ1) is 9.66. The lowest BCUT2D eigenvalue weighted by molar-refractivity contribution is -0.125. The fourth-order valence-electron chi connectivity index (χ4n) is 2.32. The molecule has 102 valence electrons. The maximum Gasteiger partial charge on any atom is 0.268 e. The number of nitrogens with zero attached hydrogens (tertiary/aromatic N) is 1. The van der Waals surface area contributed by atoms with Crippen LogP contribution in [0.2, 0.25) is 5.02 Å². The zero-order valence-corrected chi connectivity index (χ0v) is 11.8. The number of halogens is 1. The molecule has 0 radical (unpaired) electrons. The van der Waals surface area contributed by atoms with Gasteiger partial charge in [0.2, 0.25) is 0 Å². The molecule has 0 unspecified atom stereocenters. The summed E-state index contributed by atoms with van der Waals surface area (Å²) in [7, 11) is 0. The Morgan fingerprint density at radius 3 is 2.65 bits per heavy atom. The molecule has 1 amide bonds. The first-order valence-corrected chi connectivity index (χ1v) is 6.85. The predicted molar refractivity (Wildman–Crippen MR) is 79.2 cm³/mol. The quantitative estimate of drug-likeness (QED) is 0.844. The Bertz CT molecular complexity index is 656. The SMILES string of the molecule is C[C@@H]1Oc2ccccc2N(Cc2ccccc2Cl)C1=O. The standard InChI is InChI=1S/C16H14ClNO2/c1-11-16(19)18(10-12-6-2-3-7-13(12)17)14-8-4-5-9-15(14)20-11/h2-9,11H,10H2,1H3/t11-/m0/s1. The molecule has 2 aromatic rings. The summed E-state index contributed by atoms with van der Waals surface area (Å²) in [6.07, 6.45) is -0.479. The van der Waals surface area contributed by atoms with Gasteiger partial charge in [0.05, 0.1) is 12.2 Å². The predicted octanol–water partition coefficient (Wildman–Crippen LogP) is 3.65. The molecule has 20 heavy (non-hydrogen) atoms. The smallest absolute Gasteiger partial charge is 0.268 e. The van der Waals surface area contributed by atoms with Gasteiger partial charge < -0.3 is 9.64 Å². The Balaban J connectivity index is 2.00. The van der Waals surface area contributed by atoms with Crippen LogP contribution in [0.3, 0.4) is 0 Å². The van der Waals surface area contributed by atoms with Crippen molar-refractivity contribution < 1.29 is 9.53 Å². The normalized spacial score (nSPS) is 17.6. The zero-order chi connectivity index (χ0) is 14.1. The van der Waals surface area contributed by atoms with Crippen molar-refractivity contribution in [2.24, 2.45) is 0 Å². The molecule has 0 bridgehead atoms. The summed E-state index contributed by atoms with van der Waals surface area (Å²) in [5, 5.41) is 0.664. The number of para-hydroxylation sites is 2. The molecule has 4 heteroatoms. The molecule has 0 N–H and O–H groups in total. The molecule has 1 aliphatic rings. The van der Waals surface area contributed by atoms with Gasteiger partial charge in [0.25, 0.3) is 5.91 Å². The van der Waals surface area contributed by atoms with Crippen LogP contribution in [0.25, 0.3) is 0 Å². The third kappa shape index (κ3) is 2.25. The molecular weight excluding hydrogens is 274 g/mol. The van der Waals surface area contributed by atoms with Gasteiger partial charge in [-0.15, -0.1) is 0 Å². The van der Waals surface area contributed by atoms with Crippen molar-refractivity contribution in [2.75, 3.05) is 4.90 Å². The Morgan fingerprint density at radius 2 is 1.85 bits per heavy atom. The molecule has 3 rings (SSSR count). The van der Waals surface area contributed by atoms with Crippen LogP contribution >= 0.6 is 11.6 Å². The maximum atomic E-state index is 12.4. The van der Waals surface area contributed by atoms with Gasteiger partial charge in [-0.3, -0.25) is 4.79 Å². The van der Waals surface area contributed by atoms with Crippen molar-refractivity contribution in [3.8, 4) is 5.75 Å². The molecule has 0 saturated heterocycles. The van der Waals surface area contributed by atoms with Crippen LogP contribution in [-0.4, -0.2) is 12.0 Å². The number of hydrogen-bond donors (Lipinski definition) is 0. The van der Waals surface area contributed by atoms with E-state index in [1.807, 2.05) is 48.5 Å². The Morgan fingerprint density at radius 1 is 1.15 bits per heavy atom. The maximum absolute atomic E-state index is 12.4. The van der Waals surface area contributed by atoms with Gasteiger partial charge in [0.15, 0.2) is 6.10 Å². The monoisotopic (exact) mass is 287 g/mol. The molecule has 1 atom stereocenters. The molecule has 2 aromatic carbocycles. The highest BCUT2D eigenvalue weighted by Gasteiger charge is 2.31. The second kappa shape index (κ2) is 5.17. The lowest BCUT2D eigenvalue weighted by atomic mass is 10.1. The lowest BCUT2D eigenvalue weighted by Crippen LogP contribution is -2.44. The molecule has 0 aliphatic carbocycles. The van der Waals surface area contributed by atoms with Gasteiger partial charge in [-0.25, -0.2) is 0 Å². The second-order valence-corrected chi connectivity index (χ2v) is 5.15. The first-order valence-electron chi connectivity index (χ1n) is 6.47. The van der Waals surface area contributed by atoms with E-state index in [1.54, 1.807) is 11.8 Å². The van der Waals surface area contributed by atoms with E-state index >= 15 is 0 Å². The van der Waals surface area contributed by atoms with Crippen molar-refractivity contribution in [1.82, 2.24) is 0 Å². The van der Waals surface area contributed by atoms with Crippen molar-refractivity contribution in [2.45, 2.75) is 19.6 Å². The van der Waals surface area contributed by atoms with Gasteiger partial charge in [0, 0.05) is 5.02 Å². The van der Waals surface area contributed by atoms with Gasteiger partial charge >= 0.3 is 0 Å². The molecule has 3 nitrogen and oxygen atoms in total. The number of rotatable bonds is 2. The number of hydrogen-bond acceptors (Lipinski definition) is 2. The van der Waals surface area contributed by atoms with Crippen LogP contribution in [0.5, 0.6) is 5.75 Å². The van der Waals surface area contributed by atoms with Gasteiger partial charge in [-0.05, 0) is 30.7 Å². The number of benzene rings is 2. The number of anilines is 1. The average molecular weight is 288 g/mol. The van der Waals surface area contributed by atoms with E-state index in [2.05, 4.69) is 0 Å². The minimum atomic E-state index is -0.479. The van der Waals surface area contributed by atoms with Gasteiger partial charge in [-0.2, -0.15) is 0 Å². The minimum Gasteiger partial charge on any atom is -0.479 e. The van der Waals surface area contributed by atoms with Gasteiger partial charge in [-0.1, -0.05) is 41.9 Å². The lowest BCUT2D eigenvalue weighted by Gasteiger charge is -2.33. The molecule has 0 aromatic heterocycles. The third-order valence-corrected chi connectivity index (χ3v) is 3.73. The molecular formula is C16H14ClNO2.